The third-order valence-electron chi connectivity index (χ3n) is 9.14. The molecule has 1 fully saturated rings. The number of amides is 7. The van der Waals surface area contributed by atoms with E-state index in [9.17, 15) is 38.4 Å². The van der Waals surface area contributed by atoms with Crippen LogP contribution in [0.5, 0.6) is 0 Å². The first kappa shape index (κ1) is 49.8. The molecule has 0 aliphatic carbocycles. The van der Waals surface area contributed by atoms with Gasteiger partial charge in [0.2, 0.25) is 41.4 Å². The fraction of sp³-hybridized carbons (Fsp3) is 0.800. The van der Waals surface area contributed by atoms with Gasteiger partial charge in [0.05, 0.1) is 0 Å². The van der Waals surface area contributed by atoms with Gasteiger partial charge in [-0.05, 0) is 82.5 Å². The van der Waals surface area contributed by atoms with Crippen LogP contribution in [0.1, 0.15) is 129 Å². The highest BCUT2D eigenvalue weighted by atomic mass is 16.5. The number of cyclic esters (lactones) is 1. The van der Waals surface area contributed by atoms with Crippen LogP contribution in [-0.2, 0) is 43.1 Å². The van der Waals surface area contributed by atoms with Crippen LogP contribution in [0.15, 0.2) is 0 Å². The standard InChI is InChI=1S/C40H71N7O9/c1-20(2)14-15-32(48)47-33-27(13)56-40(55)26(12)42-35(50)28(16-21(3)4)44-37(52)30(18-23(7)8)46-38(53)31(19-24(9)10)45-36(51)29(17-22(5)6)43-34(49)25(11)41-39(33)54/h20-31,33H,14-19H2,1-13H3,(H,41,54)(H,42,50)(H,43,49)(H,44,52)(H,45,51)(H,46,53)(H,47,48). The van der Waals surface area contributed by atoms with Gasteiger partial charge in [-0.2, -0.15) is 0 Å². The Morgan fingerprint density at radius 1 is 0.500 bits per heavy atom. The minimum absolute atomic E-state index is 0.0474. The highest BCUT2D eigenvalue weighted by Gasteiger charge is 2.36. The molecule has 7 N–H and O–H groups in total. The van der Waals surface area contributed by atoms with Crippen molar-refractivity contribution >= 4 is 47.3 Å². The maximum atomic E-state index is 13.9. The Kier molecular flexibility index (Phi) is 21.1. The first-order chi connectivity index (χ1) is 25.9. The van der Waals surface area contributed by atoms with E-state index in [0.717, 1.165) is 0 Å². The molecule has 1 rings (SSSR count). The molecule has 56 heavy (non-hydrogen) atoms. The number of carbonyl (C=O) groups excluding carboxylic acids is 8. The molecule has 0 aromatic rings. The summed E-state index contributed by atoms with van der Waals surface area (Å²) >= 11 is 0. The van der Waals surface area contributed by atoms with Crippen LogP contribution >= 0.6 is 0 Å². The lowest BCUT2D eigenvalue weighted by molar-refractivity contribution is -0.155. The van der Waals surface area contributed by atoms with Crippen molar-refractivity contribution in [3.8, 4) is 0 Å². The van der Waals surface area contributed by atoms with Gasteiger partial charge >= 0.3 is 5.97 Å². The Morgan fingerprint density at radius 3 is 1.20 bits per heavy atom. The van der Waals surface area contributed by atoms with Crippen LogP contribution in [0, 0.1) is 29.6 Å². The van der Waals surface area contributed by atoms with Gasteiger partial charge in [0.15, 0.2) is 0 Å². The van der Waals surface area contributed by atoms with Gasteiger partial charge in [-0.1, -0.05) is 69.2 Å². The average molecular weight is 794 g/mol. The molecule has 1 aliphatic rings. The molecule has 16 nitrogen and oxygen atoms in total. The summed E-state index contributed by atoms with van der Waals surface area (Å²) in [5.74, 6) is -5.46. The van der Waals surface area contributed by atoms with E-state index in [2.05, 4.69) is 37.2 Å². The van der Waals surface area contributed by atoms with Crippen molar-refractivity contribution < 1.29 is 43.1 Å². The maximum absolute atomic E-state index is 13.9. The molecule has 1 saturated heterocycles. The topological polar surface area (TPSA) is 230 Å². The van der Waals surface area contributed by atoms with Crippen molar-refractivity contribution in [2.45, 2.75) is 177 Å². The largest absolute Gasteiger partial charge is 0.458 e. The zero-order valence-electron chi connectivity index (χ0n) is 35.9. The van der Waals surface area contributed by atoms with E-state index >= 15 is 0 Å². The summed E-state index contributed by atoms with van der Waals surface area (Å²) in [7, 11) is 0. The molecule has 0 saturated carbocycles. The number of hydrogen-bond acceptors (Lipinski definition) is 9. The van der Waals surface area contributed by atoms with Crippen LogP contribution in [-0.4, -0.2) is 95.7 Å². The number of ether oxygens (including phenoxy) is 1. The molecule has 0 spiro atoms. The lowest BCUT2D eigenvalue weighted by atomic mass is 9.98. The normalized spacial score (nSPS) is 27.1. The molecule has 16 heteroatoms. The van der Waals surface area contributed by atoms with Gasteiger partial charge in [0.1, 0.15) is 48.4 Å². The second-order valence-corrected chi connectivity index (χ2v) is 17.3. The Morgan fingerprint density at radius 2 is 0.839 bits per heavy atom. The molecule has 8 atom stereocenters. The van der Waals surface area contributed by atoms with E-state index in [0.29, 0.717) is 6.42 Å². The summed E-state index contributed by atoms with van der Waals surface area (Å²) in [5.41, 5.74) is 0. The summed E-state index contributed by atoms with van der Waals surface area (Å²) < 4.78 is 5.60. The van der Waals surface area contributed by atoms with Crippen molar-refractivity contribution in [3.05, 3.63) is 0 Å². The Hall–Kier alpha value is -4.24. The molecule has 0 bridgehead atoms. The maximum Gasteiger partial charge on any atom is 0.328 e. The van der Waals surface area contributed by atoms with Gasteiger partial charge in [0, 0.05) is 6.42 Å². The molecular formula is C40H71N7O9. The van der Waals surface area contributed by atoms with E-state index in [-0.39, 0.29) is 61.7 Å². The smallest absolute Gasteiger partial charge is 0.328 e. The minimum atomic E-state index is -1.43. The first-order valence-corrected chi connectivity index (χ1v) is 20.2. The fourth-order valence-corrected chi connectivity index (χ4v) is 6.08. The number of hydrogen-bond donors (Lipinski definition) is 7. The highest BCUT2D eigenvalue weighted by molar-refractivity contribution is 5.97. The summed E-state index contributed by atoms with van der Waals surface area (Å²) in [6.45, 7) is 23.1. The zero-order valence-corrected chi connectivity index (χ0v) is 35.9. The highest BCUT2D eigenvalue weighted by Crippen LogP contribution is 2.14. The predicted octanol–water partition coefficient (Wildman–Crippen LogP) is 1.99. The zero-order chi connectivity index (χ0) is 43.0. The average Bonchev–Trinajstić information content (AvgIpc) is 3.06. The van der Waals surface area contributed by atoms with E-state index in [1.165, 1.54) is 20.8 Å². The van der Waals surface area contributed by atoms with Crippen molar-refractivity contribution in [1.82, 2.24) is 37.2 Å². The second-order valence-electron chi connectivity index (χ2n) is 17.3. The molecule has 1 heterocycles. The van der Waals surface area contributed by atoms with Crippen LogP contribution in [0.4, 0.5) is 0 Å². The minimum Gasteiger partial charge on any atom is -0.458 e. The molecular weight excluding hydrogens is 722 g/mol. The summed E-state index contributed by atoms with van der Waals surface area (Å²) in [5, 5.41) is 18.8. The van der Waals surface area contributed by atoms with E-state index in [1.54, 1.807) is 0 Å². The number of nitrogens with one attached hydrogen (secondary N) is 7. The summed E-state index contributed by atoms with van der Waals surface area (Å²) in [6.07, 6.45) is 0.219. The third kappa shape index (κ3) is 18.1. The lowest BCUT2D eigenvalue weighted by Gasteiger charge is -2.30. The first-order valence-electron chi connectivity index (χ1n) is 20.2. The Bertz CT molecular complexity index is 1370. The van der Waals surface area contributed by atoms with Crippen LogP contribution in [0.25, 0.3) is 0 Å². The fourth-order valence-electron chi connectivity index (χ4n) is 6.08. The van der Waals surface area contributed by atoms with Crippen LogP contribution < -0.4 is 37.2 Å². The number of rotatable bonds is 12. The Labute approximate surface area is 333 Å². The van der Waals surface area contributed by atoms with Crippen LogP contribution in [0.3, 0.4) is 0 Å². The quantitative estimate of drug-likeness (QED) is 0.143. The van der Waals surface area contributed by atoms with E-state index in [4.69, 9.17) is 4.74 Å². The van der Waals surface area contributed by atoms with Gasteiger partial charge in [-0.3, -0.25) is 33.6 Å². The molecule has 0 radical (unpaired) electrons. The lowest BCUT2D eigenvalue weighted by Crippen LogP contribution is -2.61. The third-order valence-corrected chi connectivity index (χ3v) is 9.14. The number of carbonyl (C=O) groups is 8. The SMILES string of the molecule is CC(C)CCC(=O)NC1C(=O)NC(C)C(=O)NC(CC(C)C)C(=O)NC(CC(C)C)C(=O)NC(CC(C)C)C(=O)NC(CC(C)C)C(=O)NC(C)C(=O)OC1C. The molecule has 0 aromatic heterocycles. The summed E-state index contributed by atoms with van der Waals surface area (Å²) in [4.78, 5) is 109. The molecule has 7 amide bonds. The van der Waals surface area contributed by atoms with Gasteiger partial charge in [-0.25, -0.2) is 4.79 Å². The van der Waals surface area contributed by atoms with Crippen LogP contribution in [0.2, 0.25) is 0 Å². The van der Waals surface area contributed by atoms with E-state index in [1.807, 2.05) is 69.2 Å². The molecule has 8 unspecified atom stereocenters. The molecule has 320 valence electrons. The van der Waals surface area contributed by atoms with Gasteiger partial charge < -0.3 is 42.0 Å². The Balaban J connectivity index is 3.75. The summed E-state index contributed by atoms with van der Waals surface area (Å²) in [6, 6.07) is -8.20. The van der Waals surface area contributed by atoms with Gasteiger partial charge in [-0.15, -0.1) is 0 Å². The predicted molar refractivity (Wildman–Crippen MR) is 212 cm³/mol. The number of esters is 1. The van der Waals surface area contributed by atoms with Crippen molar-refractivity contribution in [1.29, 1.82) is 0 Å². The second kappa shape index (κ2) is 23.7. The van der Waals surface area contributed by atoms with Crippen molar-refractivity contribution in [2.24, 2.45) is 29.6 Å². The van der Waals surface area contributed by atoms with Crippen molar-refractivity contribution in [2.75, 3.05) is 0 Å². The van der Waals surface area contributed by atoms with Gasteiger partial charge in [0.25, 0.3) is 0 Å². The van der Waals surface area contributed by atoms with E-state index < -0.39 is 95.7 Å². The van der Waals surface area contributed by atoms with Crippen molar-refractivity contribution in [3.63, 3.8) is 0 Å². The molecule has 0 aromatic carbocycles. The monoisotopic (exact) mass is 794 g/mol. The molecule has 1 aliphatic heterocycles.